The topological polar surface area (TPSA) is 84.5 Å². The largest absolute Gasteiger partial charge is 0.374 e. The number of nitrogens with two attached hydrogens (primary N) is 1. The van der Waals surface area contributed by atoms with E-state index in [4.69, 9.17) is 5.73 Å². The SMILES string of the molecule is Nc1nnc(SCC(=O)N2N=C(c3cccc(Br)c3)CC2c2cccs2)s1. The number of nitrogens with zero attached hydrogens (tertiary/aromatic N) is 4. The lowest BCUT2D eigenvalue weighted by Crippen LogP contribution is -2.28. The van der Waals surface area contributed by atoms with Crippen molar-refractivity contribution in [3.05, 3.63) is 56.7 Å². The molecule has 2 aromatic heterocycles. The maximum Gasteiger partial charge on any atom is 0.253 e. The van der Waals surface area contributed by atoms with Crippen LogP contribution in [0.25, 0.3) is 0 Å². The molecule has 1 unspecified atom stereocenters. The number of thiophene rings is 1. The van der Waals surface area contributed by atoms with Crippen LogP contribution in [0.5, 0.6) is 0 Å². The molecular weight excluding hydrogens is 466 g/mol. The molecule has 2 N–H and O–H groups in total. The van der Waals surface area contributed by atoms with E-state index in [9.17, 15) is 4.79 Å². The Labute approximate surface area is 176 Å². The summed E-state index contributed by atoms with van der Waals surface area (Å²) in [5.74, 6) is 0.184. The van der Waals surface area contributed by atoms with Crippen LogP contribution in [0, 0.1) is 0 Å². The van der Waals surface area contributed by atoms with Crippen molar-refractivity contribution >= 4 is 67.1 Å². The summed E-state index contributed by atoms with van der Waals surface area (Å²) in [5, 5.41) is 16.4. The van der Waals surface area contributed by atoms with Crippen molar-refractivity contribution < 1.29 is 4.79 Å². The summed E-state index contributed by atoms with van der Waals surface area (Å²) in [5.41, 5.74) is 7.53. The second-order valence-electron chi connectivity index (χ2n) is 5.73. The number of hydrogen-bond acceptors (Lipinski definition) is 8. The fraction of sp³-hybridized carbons (Fsp3) is 0.176. The van der Waals surface area contributed by atoms with Crippen LogP contribution < -0.4 is 5.73 Å². The van der Waals surface area contributed by atoms with Gasteiger partial charge in [-0.25, -0.2) is 5.01 Å². The Bertz CT molecular complexity index is 988. The van der Waals surface area contributed by atoms with Gasteiger partial charge in [-0.15, -0.1) is 21.5 Å². The van der Waals surface area contributed by atoms with Gasteiger partial charge in [0.25, 0.3) is 5.91 Å². The number of benzene rings is 1. The van der Waals surface area contributed by atoms with E-state index in [1.807, 2.05) is 41.8 Å². The molecule has 1 aliphatic heterocycles. The van der Waals surface area contributed by atoms with Gasteiger partial charge in [0.1, 0.15) is 0 Å². The van der Waals surface area contributed by atoms with Gasteiger partial charge in [0.15, 0.2) is 4.34 Å². The van der Waals surface area contributed by atoms with Gasteiger partial charge in [-0.1, -0.05) is 57.2 Å². The van der Waals surface area contributed by atoms with Crippen molar-refractivity contribution in [3.63, 3.8) is 0 Å². The van der Waals surface area contributed by atoms with Crippen LogP contribution in [0.15, 0.2) is 55.7 Å². The molecule has 3 heterocycles. The molecule has 0 radical (unpaired) electrons. The molecule has 0 aliphatic carbocycles. The minimum absolute atomic E-state index is 0.0582. The highest BCUT2D eigenvalue weighted by Gasteiger charge is 2.33. The maximum absolute atomic E-state index is 12.9. The fourth-order valence-electron chi connectivity index (χ4n) is 2.75. The molecular formula is C17H14BrN5OS3. The summed E-state index contributed by atoms with van der Waals surface area (Å²) in [6.07, 6.45) is 0.694. The zero-order chi connectivity index (χ0) is 18.8. The van der Waals surface area contributed by atoms with E-state index in [1.54, 1.807) is 16.3 Å². The summed E-state index contributed by atoms with van der Waals surface area (Å²) in [4.78, 5) is 14.0. The first-order valence-corrected chi connectivity index (χ1v) is 11.5. The Morgan fingerprint density at radius 2 is 2.22 bits per heavy atom. The Morgan fingerprint density at radius 1 is 1.33 bits per heavy atom. The summed E-state index contributed by atoms with van der Waals surface area (Å²) in [6, 6.07) is 12.0. The van der Waals surface area contributed by atoms with Crippen molar-refractivity contribution in [2.75, 3.05) is 11.5 Å². The number of carbonyl (C=O) groups excluding carboxylic acids is 1. The monoisotopic (exact) mass is 479 g/mol. The molecule has 0 fully saturated rings. The molecule has 3 aromatic rings. The maximum atomic E-state index is 12.9. The molecule has 10 heteroatoms. The van der Waals surface area contributed by atoms with Crippen molar-refractivity contribution in [1.29, 1.82) is 0 Å². The Kier molecular flexibility index (Phi) is 5.58. The van der Waals surface area contributed by atoms with E-state index >= 15 is 0 Å². The van der Waals surface area contributed by atoms with Gasteiger partial charge in [0, 0.05) is 15.8 Å². The second kappa shape index (κ2) is 8.09. The Morgan fingerprint density at radius 3 is 2.93 bits per heavy atom. The molecule has 6 nitrogen and oxygen atoms in total. The number of nitrogen functional groups attached to an aromatic ring is 1. The third-order valence-corrected chi connectivity index (χ3v) is 7.27. The molecule has 138 valence electrons. The molecule has 1 amide bonds. The predicted octanol–water partition coefficient (Wildman–Crippen LogP) is 4.41. The molecule has 1 atom stereocenters. The average Bonchev–Trinajstić information content (AvgIpc) is 3.39. The Hall–Kier alpha value is -1.75. The van der Waals surface area contributed by atoms with Gasteiger partial charge < -0.3 is 5.73 Å². The Balaban J connectivity index is 1.56. The average molecular weight is 480 g/mol. The normalized spacial score (nSPS) is 16.6. The van der Waals surface area contributed by atoms with Crippen molar-refractivity contribution in [1.82, 2.24) is 15.2 Å². The second-order valence-corrected chi connectivity index (χ2v) is 9.85. The van der Waals surface area contributed by atoms with Gasteiger partial charge in [0.2, 0.25) is 5.13 Å². The lowest BCUT2D eigenvalue weighted by molar-refractivity contribution is -0.130. The number of amides is 1. The smallest absolute Gasteiger partial charge is 0.253 e. The zero-order valence-corrected chi connectivity index (χ0v) is 17.9. The fourth-order valence-corrected chi connectivity index (χ4v) is 5.45. The molecule has 0 spiro atoms. The number of halogens is 1. The molecule has 0 saturated carbocycles. The highest BCUT2D eigenvalue weighted by atomic mass is 79.9. The summed E-state index contributed by atoms with van der Waals surface area (Å²) >= 11 is 7.75. The van der Waals surface area contributed by atoms with E-state index in [-0.39, 0.29) is 17.7 Å². The number of thioether (sulfide) groups is 1. The quantitative estimate of drug-likeness (QED) is 0.547. The number of carbonyl (C=O) groups is 1. The minimum Gasteiger partial charge on any atom is -0.374 e. The number of rotatable bonds is 5. The number of hydrazone groups is 1. The van der Waals surface area contributed by atoms with E-state index in [2.05, 4.69) is 31.2 Å². The summed E-state index contributed by atoms with van der Waals surface area (Å²) < 4.78 is 1.67. The number of anilines is 1. The standard InChI is InChI=1S/C17H14BrN5OS3/c18-11-4-1-3-10(7-11)12-8-13(14-5-2-6-25-14)23(22-12)15(24)9-26-17-21-20-16(19)27-17/h1-7,13H,8-9H2,(H2,19,20). The van der Waals surface area contributed by atoms with Crippen LogP contribution in [0.2, 0.25) is 0 Å². The molecule has 27 heavy (non-hydrogen) atoms. The lowest BCUT2D eigenvalue weighted by Gasteiger charge is -2.20. The third-order valence-electron chi connectivity index (χ3n) is 3.94. The molecule has 0 saturated heterocycles. The van der Waals surface area contributed by atoms with Gasteiger partial charge in [-0.2, -0.15) is 5.10 Å². The molecule has 1 aromatic carbocycles. The van der Waals surface area contributed by atoms with Crippen LogP contribution in [0.4, 0.5) is 5.13 Å². The predicted molar refractivity (Wildman–Crippen MR) is 114 cm³/mol. The summed E-state index contributed by atoms with van der Waals surface area (Å²) in [6.45, 7) is 0. The van der Waals surface area contributed by atoms with Crippen LogP contribution in [-0.4, -0.2) is 32.6 Å². The van der Waals surface area contributed by atoms with Crippen LogP contribution >= 0.6 is 50.4 Å². The van der Waals surface area contributed by atoms with Gasteiger partial charge in [-0.3, -0.25) is 4.79 Å². The van der Waals surface area contributed by atoms with Crippen molar-refractivity contribution in [2.24, 2.45) is 5.10 Å². The highest BCUT2D eigenvalue weighted by Crippen LogP contribution is 2.36. The minimum atomic E-state index is -0.0772. The number of aromatic nitrogens is 2. The van der Waals surface area contributed by atoms with Crippen LogP contribution in [0.1, 0.15) is 22.9 Å². The van der Waals surface area contributed by atoms with E-state index in [1.165, 1.54) is 23.1 Å². The first-order chi connectivity index (χ1) is 13.1. The lowest BCUT2D eigenvalue weighted by atomic mass is 10.0. The number of hydrogen-bond donors (Lipinski definition) is 1. The van der Waals surface area contributed by atoms with E-state index in [0.717, 1.165) is 20.6 Å². The third kappa shape index (κ3) is 4.23. The van der Waals surface area contributed by atoms with Crippen molar-refractivity contribution in [2.45, 2.75) is 16.8 Å². The van der Waals surface area contributed by atoms with E-state index in [0.29, 0.717) is 15.9 Å². The van der Waals surface area contributed by atoms with Gasteiger partial charge >= 0.3 is 0 Å². The molecule has 4 rings (SSSR count). The first kappa shape index (κ1) is 18.6. The van der Waals surface area contributed by atoms with Crippen LogP contribution in [-0.2, 0) is 4.79 Å². The first-order valence-electron chi connectivity index (χ1n) is 8.01. The highest BCUT2D eigenvalue weighted by molar-refractivity contribution is 9.10. The van der Waals surface area contributed by atoms with Crippen LogP contribution in [0.3, 0.4) is 0 Å². The van der Waals surface area contributed by atoms with Crippen molar-refractivity contribution in [3.8, 4) is 0 Å². The molecule has 1 aliphatic rings. The molecule has 0 bridgehead atoms. The summed E-state index contributed by atoms with van der Waals surface area (Å²) in [7, 11) is 0. The van der Waals surface area contributed by atoms with Gasteiger partial charge in [0.05, 0.1) is 17.5 Å². The zero-order valence-electron chi connectivity index (χ0n) is 13.9. The van der Waals surface area contributed by atoms with E-state index < -0.39 is 0 Å². The van der Waals surface area contributed by atoms with Gasteiger partial charge in [-0.05, 0) is 29.1 Å².